The van der Waals surface area contributed by atoms with Crippen LogP contribution in [0.1, 0.15) is 17.5 Å². The summed E-state index contributed by atoms with van der Waals surface area (Å²) >= 11 is 0. The number of carbonyl (C=O) groups excluding carboxylic acids is 1. The van der Waals surface area contributed by atoms with Crippen molar-refractivity contribution in [3.63, 3.8) is 0 Å². The first-order valence-corrected chi connectivity index (χ1v) is 6.45. The SMILES string of the molecule is CC(=O)c1nc2ccccc2n1S(C)(=O)=O. The van der Waals surface area contributed by atoms with E-state index in [0.717, 1.165) is 10.2 Å². The zero-order valence-electron chi connectivity index (χ0n) is 8.84. The summed E-state index contributed by atoms with van der Waals surface area (Å²) in [4.78, 5) is 15.3. The third-order valence-electron chi connectivity index (χ3n) is 2.17. The average Bonchev–Trinajstić information content (AvgIpc) is 2.55. The van der Waals surface area contributed by atoms with Crippen LogP contribution in [-0.4, -0.2) is 29.4 Å². The molecule has 2 aromatic rings. The lowest BCUT2D eigenvalue weighted by Gasteiger charge is -2.03. The number of hydrogen-bond acceptors (Lipinski definition) is 4. The Morgan fingerprint density at radius 3 is 2.50 bits per heavy atom. The van der Waals surface area contributed by atoms with E-state index in [0.29, 0.717) is 11.0 Å². The summed E-state index contributed by atoms with van der Waals surface area (Å²) in [5.41, 5.74) is 0.924. The number of imidazole rings is 1. The largest absolute Gasteiger partial charge is 0.291 e. The molecule has 0 spiro atoms. The Morgan fingerprint density at radius 2 is 1.94 bits per heavy atom. The maximum Gasteiger partial charge on any atom is 0.237 e. The Bertz CT molecular complexity index is 670. The molecule has 0 atom stereocenters. The molecular weight excluding hydrogens is 228 g/mol. The van der Waals surface area contributed by atoms with E-state index >= 15 is 0 Å². The van der Waals surface area contributed by atoms with E-state index in [1.165, 1.54) is 6.92 Å². The quantitative estimate of drug-likeness (QED) is 0.733. The molecular formula is C10H10N2O3S. The van der Waals surface area contributed by atoms with Gasteiger partial charge in [0.25, 0.3) is 0 Å². The third-order valence-corrected chi connectivity index (χ3v) is 3.20. The molecule has 0 aliphatic heterocycles. The lowest BCUT2D eigenvalue weighted by molar-refractivity contribution is 0.100. The topological polar surface area (TPSA) is 69.0 Å². The number of benzene rings is 1. The number of carbonyl (C=O) groups is 1. The molecule has 0 saturated carbocycles. The molecule has 0 bridgehead atoms. The number of Topliss-reactive ketones (excluding diaryl/α,β-unsaturated/α-hetero) is 1. The van der Waals surface area contributed by atoms with Gasteiger partial charge in [-0.15, -0.1) is 0 Å². The van der Waals surface area contributed by atoms with E-state index in [4.69, 9.17) is 0 Å². The zero-order valence-corrected chi connectivity index (χ0v) is 9.65. The summed E-state index contributed by atoms with van der Waals surface area (Å²) in [7, 11) is -3.53. The van der Waals surface area contributed by atoms with Crippen molar-refractivity contribution in [2.24, 2.45) is 0 Å². The number of para-hydroxylation sites is 2. The van der Waals surface area contributed by atoms with Gasteiger partial charge in [-0.05, 0) is 12.1 Å². The molecule has 2 rings (SSSR count). The fourth-order valence-corrected chi connectivity index (χ4v) is 2.56. The zero-order chi connectivity index (χ0) is 11.9. The van der Waals surface area contributed by atoms with Gasteiger partial charge in [-0.2, -0.15) is 0 Å². The van der Waals surface area contributed by atoms with E-state index in [9.17, 15) is 13.2 Å². The summed E-state index contributed by atoms with van der Waals surface area (Å²) in [5, 5.41) is 0. The lowest BCUT2D eigenvalue weighted by Crippen LogP contribution is -2.15. The number of fused-ring (bicyclic) bond motifs is 1. The van der Waals surface area contributed by atoms with Gasteiger partial charge >= 0.3 is 0 Å². The Hall–Kier alpha value is -1.69. The van der Waals surface area contributed by atoms with Crippen molar-refractivity contribution in [3.8, 4) is 0 Å². The summed E-state index contributed by atoms with van der Waals surface area (Å²) in [5.74, 6) is -0.426. The van der Waals surface area contributed by atoms with E-state index in [1.54, 1.807) is 24.3 Å². The number of aromatic nitrogens is 2. The Balaban J connectivity index is 2.97. The van der Waals surface area contributed by atoms with Crippen molar-refractivity contribution in [1.82, 2.24) is 8.96 Å². The second kappa shape index (κ2) is 3.41. The highest BCUT2D eigenvalue weighted by Gasteiger charge is 2.20. The molecule has 1 aromatic heterocycles. The molecule has 16 heavy (non-hydrogen) atoms. The number of ketones is 1. The van der Waals surface area contributed by atoms with Gasteiger partial charge in [-0.1, -0.05) is 12.1 Å². The van der Waals surface area contributed by atoms with Crippen molar-refractivity contribution < 1.29 is 13.2 Å². The smallest absolute Gasteiger partial charge is 0.237 e. The van der Waals surface area contributed by atoms with E-state index in [1.807, 2.05) is 0 Å². The first-order chi connectivity index (χ1) is 7.41. The summed E-state index contributed by atoms with van der Waals surface area (Å²) in [6, 6.07) is 6.74. The van der Waals surface area contributed by atoms with Crippen LogP contribution in [-0.2, 0) is 10.0 Å². The minimum absolute atomic E-state index is 0.0521. The van der Waals surface area contributed by atoms with Crippen LogP contribution in [0, 0.1) is 0 Å². The fourth-order valence-electron chi connectivity index (χ4n) is 1.56. The van der Waals surface area contributed by atoms with Gasteiger partial charge in [0.05, 0.1) is 17.3 Å². The van der Waals surface area contributed by atoms with Crippen LogP contribution < -0.4 is 0 Å². The second-order valence-corrected chi connectivity index (χ2v) is 5.34. The van der Waals surface area contributed by atoms with Gasteiger partial charge in [-0.25, -0.2) is 17.4 Å². The van der Waals surface area contributed by atoms with Gasteiger partial charge < -0.3 is 0 Å². The Labute approximate surface area is 92.8 Å². The molecule has 0 N–H and O–H groups in total. The molecule has 0 radical (unpaired) electrons. The van der Waals surface area contributed by atoms with E-state index < -0.39 is 10.0 Å². The van der Waals surface area contributed by atoms with Crippen molar-refractivity contribution in [2.75, 3.05) is 6.26 Å². The Morgan fingerprint density at radius 1 is 1.31 bits per heavy atom. The van der Waals surface area contributed by atoms with Crippen LogP contribution in [0.3, 0.4) is 0 Å². The lowest BCUT2D eigenvalue weighted by atomic mass is 10.3. The van der Waals surface area contributed by atoms with Crippen LogP contribution in [0.5, 0.6) is 0 Å². The molecule has 6 heteroatoms. The molecule has 5 nitrogen and oxygen atoms in total. The maximum atomic E-state index is 11.6. The van der Waals surface area contributed by atoms with Crippen LogP contribution in [0.15, 0.2) is 24.3 Å². The standard InChI is InChI=1S/C10H10N2O3S/c1-7(13)10-11-8-5-3-4-6-9(8)12(10)16(2,14)15/h3-6H,1-2H3. The summed E-state index contributed by atoms with van der Waals surface area (Å²) < 4.78 is 24.2. The predicted molar refractivity (Wildman–Crippen MR) is 60.0 cm³/mol. The molecule has 0 aliphatic carbocycles. The van der Waals surface area contributed by atoms with Gasteiger partial charge in [0.1, 0.15) is 0 Å². The number of hydrogen-bond donors (Lipinski definition) is 0. The molecule has 0 unspecified atom stereocenters. The molecule has 0 saturated heterocycles. The molecule has 1 aromatic carbocycles. The van der Waals surface area contributed by atoms with Gasteiger partial charge in [0.2, 0.25) is 10.0 Å². The molecule has 0 fully saturated rings. The highest BCUT2D eigenvalue weighted by Crippen LogP contribution is 2.18. The van der Waals surface area contributed by atoms with Crippen LogP contribution in [0.2, 0.25) is 0 Å². The van der Waals surface area contributed by atoms with E-state index in [2.05, 4.69) is 4.98 Å². The maximum absolute atomic E-state index is 11.6. The number of rotatable bonds is 2. The second-order valence-electron chi connectivity index (χ2n) is 3.51. The van der Waals surface area contributed by atoms with Crippen molar-refractivity contribution >= 4 is 26.8 Å². The van der Waals surface area contributed by atoms with Gasteiger partial charge in [0.15, 0.2) is 11.6 Å². The van der Waals surface area contributed by atoms with Crippen molar-refractivity contribution in [3.05, 3.63) is 30.1 Å². The molecule has 0 aliphatic rings. The van der Waals surface area contributed by atoms with Crippen LogP contribution in [0.4, 0.5) is 0 Å². The fraction of sp³-hybridized carbons (Fsp3) is 0.200. The molecule has 84 valence electrons. The monoisotopic (exact) mass is 238 g/mol. The Kier molecular flexibility index (Phi) is 2.31. The van der Waals surface area contributed by atoms with Crippen LogP contribution in [0.25, 0.3) is 11.0 Å². The van der Waals surface area contributed by atoms with Crippen molar-refractivity contribution in [1.29, 1.82) is 0 Å². The highest BCUT2D eigenvalue weighted by atomic mass is 32.2. The van der Waals surface area contributed by atoms with Crippen molar-refractivity contribution in [2.45, 2.75) is 6.92 Å². The van der Waals surface area contributed by atoms with Gasteiger partial charge in [0, 0.05) is 6.92 Å². The molecule has 0 amide bonds. The highest BCUT2D eigenvalue weighted by molar-refractivity contribution is 7.89. The van der Waals surface area contributed by atoms with E-state index in [-0.39, 0.29) is 11.6 Å². The first-order valence-electron chi connectivity index (χ1n) is 4.60. The normalized spacial score (nSPS) is 11.9. The minimum Gasteiger partial charge on any atom is -0.291 e. The first kappa shape index (κ1) is 10.8. The summed E-state index contributed by atoms with van der Waals surface area (Å²) in [6.45, 7) is 1.29. The summed E-state index contributed by atoms with van der Waals surface area (Å²) in [6.07, 6.45) is 1.05. The minimum atomic E-state index is -3.53. The predicted octanol–water partition coefficient (Wildman–Crippen LogP) is 1.05. The average molecular weight is 238 g/mol. The van der Waals surface area contributed by atoms with Crippen LogP contribution >= 0.6 is 0 Å². The number of nitrogens with zero attached hydrogens (tertiary/aromatic N) is 2. The molecule has 1 heterocycles. The third kappa shape index (κ3) is 1.61. The van der Waals surface area contributed by atoms with Gasteiger partial charge in [-0.3, -0.25) is 4.79 Å².